The zero-order valence-electron chi connectivity index (χ0n) is 20.2. The number of thiophene rings is 1. The quantitative estimate of drug-likeness (QED) is 0.266. The number of β-amino-alcohol motifs (C(OH)–C–C–N with tert-alkyl or cyclic N) is 1. The number of hydrogen-bond acceptors (Lipinski definition) is 7. The second-order valence-corrected chi connectivity index (χ2v) is 10.2. The van der Waals surface area contributed by atoms with Gasteiger partial charge in [0.2, 0.25) is 0 Å². The fraction of sp³-hybridized carbons (Fsp3) is 0.286. The number of H-pyrrole nitrogens is 1. The molecule has 0 saturated heterocycles. The third kappa shape index (κ3) is 6.05. The largest absolute Gasteiger partial charge is 0.490 e. The molecule has 0 amide bonds. The van der Waals surface area contributed by atoms with Gasteiger partial charge in [-0.25, -0.2) is 0 Å². The van der Waals surface area contributed by atoms with Gasteiger partial charge >= 0.3 is 0 Å². The van der Waals surface area contributed by atoms with E-state index in [1.54, 1.807) is 6.07 Å². The Labute approximate surface area is 214 Å². The molecule has 36 heavy (non-hydrogen) atoms. The van der Waals surface area contributed by atoms with Crippen LogP contribution in [0.1, 0.15) is 24.3 Å². The van der Waals surface area contributed by atoms with Crippen molar-refractivity contribution in [3.8, 4) is 34.1 Å². The summed E-state index contributed by atoms with van der Waals surface area (Å²) in [5.74, 6) is 1.33. The Hall–Kier alpha value is -3.82. The highest BCUT2D eigenvalue weighted by molar-refractivity contribution is 7.16. The van der Waals surface area contributed by atoms with Gasteiger partial charge in [0, 0.05) is 34.1 Å². The van der Waals surface area contributed by atoms with Crippen molar-refractivity contribution >= 4 is 22.2 Å². The molecular weight excluding hydrogens is 472 g/mol. The molecule has 0 spiro atoms. The number of nitriles is 2. The molecule has 0 aliphatic heterocycles. The second-order valence-electron chi connectivity index (χ2n) is 9.12. The number of aliphatic hydroxyl groups is 1. The first-order valence-corrected chi connectivity index (χ1v) is 12.5. The highest BCUT2D eigenvalue weighted by Gasteiger charge is 2.22. The molecule has 4 rings (SSSR count). The van der Waals surface area contributed by atoms with E-state index in [2.05, 4.69) is 30.2 Å². The van der Waals surface area contributed by atoms with E-state index in [0.29, 0.717) is 22.9 Å². The maximum atomic E-state index is 10.6. The van der Waals surface area contributed by atoms with Crippen molar-refractivity contribution in [1.29, 1.82) is 10.5 Å². The Bertz CT molecular complexity index is 1410. The van der Waals surface area contributed by atoms with Crippen LogP contribution in [0.25, 0.3) is 21.3 Å². The Morgan fingerprint density at radius 2 is 1.86 bits per heavy atom. The van der Waals surface area contributed by atoms with Crippen molar-refractivity contribution in [1.82, 2.24) is 10.3 Å². The van der Waals surface area contributed by atoms with Gasteiger partial charge in [0.1, 0.15) is 41.2 Å². The van der Waals surface area contributed by atoms with E-state index in [1.807, 2.05) is 60.8 Å². The molecule has 0 saturated carbocycles. The second kappa shape index (κ2) is 11.3. The van der Waals surface area contributed by atoms with Crippen LogP contribution in [0, 0.1) is 22.7 Å². The van der Waals surface area contributed by atoms with Crippen LogP contribution >= 0.6 is 11.3 Å². The summed E-state index contributed by atoms with van der Waals surface area (Å²) in [5, 5.41) is 33.0. The molecule has 0 fully saturated rings. The van der Waals surface area contributed by atoms with Gasteiger partial charge in [-0.1, -0.05) is 24.3 Å². The van der Waals surface area contributed by atoms with Crippen molar-refractivity contribution < 1.29 is 14.6 Å². The summed E-state index contributed by atoms with van der Waals surface area (Å²) in [4.78, 5) is 4.87. The van der Waals surface area contributed by atoms with E-state index >= 15 is 0 Å². The predicted molar refractivity (Wildman–Crippen MR) is 141 cm³/mol. The molecule has 0 bridgehead atoms. The number of hydrogen-bond donors (Lipinski definition) is 3. The zero-order valence-corrected chi connectivity index (χ0v) is 21.1. The molecule has 2 aromatic heterocycles. The Kier molecular flexibility index (Phi) is 7.92. The molecule has 1 unspecified atom stereocenters. The normalized spacial score (nSPS) is 12.1. The lowest BCUT2D eigenvalue weighted by molar-refractivity contribution is 0.0991. The Morgan fingerprint density at radius 1 is 1.06 bits per heavy atom. The fourth-order valence-electron chi connectivity index (χ4n) is 4.08. The highest BCUT2D eigenvalue weighted by atomic mass is 32.1. The van der Waals surface area contributed by atoms with Crippen LogP contribution in [-0.4, -0.2) is 41.5 Å². The molecule has 0 aliphatic rings. The van der Waals surface area contributed by atoms with Gasteiger partial charge in [-0.05, 0) is 56.2 Å². The predicted octanol–water partition coefficient (Wildman–Crippen LogP) is 5.02. The SMILES string of the molecule is CC(C)(Cc1c[nH]c2c(OCC#N)cccc12)NCC(O)COc1ccccc1-c1ccc(C#N)s1. The average molecular weight is 501 g/mol. The first-order valence-electron chi connectivity index (χ1n) is 11.6. The van der Waals surface area contributed by atoms with Gasteiger partial charge in [0.15, 0.2) is 6.61 Å². The zero-order chi connectivity index (χ0) is 25.5. The Balaban J connectivity index is 1.34. The first-order chi connectivity index (χ1) is 17.4. The van der Waals surface area contributed by atoms with Crippen molar-refractivity contribution in [2.45, 2.75) is 31.9 Å². The van der Waals surface area contributed by atoms with Gasteiger partial charge in [0.25, 0.3) is 0 Å². The highest BCUT2D eigenvalue weighted by Crippen LogP contribution is 2.35. The molecule has 7 nitrogen and oxygen atoms in total. The van der Waals surface area contributed by atoms with Crippen LogP contribution in [0.5, 0.6) is 11.5 Å². The molecule has 0 aliphatic carbocycles. The van der Waals surface area contributed by atoms with Crippen molar-refractivity contribution in [2.75, 3.05) is 19.8 Å². The molecule has 0 radical (unpaired) electrons. The molecule has 2 heterocycles. The van der Waals surface area contributed by atoms with Crippen LogP contribution in [-0.2, 0) is 6.42 Å². The van der Waals surface area contributed by atoms with Gasteiger partial charge in [-0.2, -0.15) is 10.5 Å². The number of fused-ring (bicyclic) bond motifs is 1. The van der Waals surface area contributed by atoms with E-state index in [9.17, 15) is 5.11 Å². The number of benzene rings is 2. The number of rotatable bonds is 11. The summed E-state index contributed by atoms with van der Waals surface area (Å²) >= 11 is 1.41. The van der Waals surface area contributed by atoms with Gasteiger partial charge in [-0.3, -0.25) is 0 Å². The van der Waals surface area contributed by atoms with Gasteiger partial charge in [-0.15, -0.1) is 11.3 Å². The van der Waals surface area contributed by atoms with E-state index in [0.717, 1.165) is 33.3 Å². The fourth-order valence-corrected chi connectivity index (χ4v) is 4.91. The summed E-state index contributed by atoms with van der Waals surface area (Å²) in [5.41, 5.74) is 2.61. The summed E-state index contributed by atoms with van der Waals surface area (Å²) in [7, 11) is 0. The van der Waals surface area contributed by atoms with Crippen molar-refractivity contribution in [2.24, 2.45) is 0 Å². The minimum Gasteiger partial charge on any atom is -0.490 e. The number of aromatic amines is 1. The standard InChI is InChI=1S/C28H28N4O3S/c1-28(2,14-19-16-31-27-22(19)7-5-9-25(27)34-13-12-29)32-17-20(33)18-35-24-8-4-3-6-23(24)26-11-10-21(15-30)36-26/h3-11,16,20,31-33H,13-14,17-18H2,1-2H3. The van der Waals surface area contributed by atoms with Crippen LogP contribution in [0.4, 0.5) is 0 Å². The number of ether oxygens (including phenoxy) is 2. The van der Waals surface area contributed by atoms with Crippen LogP contribution in [0.3, 0.4) is 0 Å². The summed E-state index contributed by atoms with van der Waals surface area (Å²) in [6.07, 6.45) is 1.99. The van der Waals surface area contributed by atoms with E-state index < -0.39 is 6.10 Å². The van der Waals surface area contributed by atoms with Crippen LogP contribution in [0.15, 0.2) is 60.8 Å². The monoisotopic (exact) mass is 500 g/mol. The van der Waals surface area contributed by atoms with E-state index in [4.69, 9.17) is 20.0 Å². The number of aliphatic hydroxyl groups excluding tert-OH is 1. The van der Waals surface area contributed by atoms with Gasteiger partial charge in [0.05, 0.1) is 5.52 Å². The molecule has 3 N–H and O–H groups in total. The maximum Gasteiger partial charge on any atom is 0.174 e. The number of aromatic nitrogens is 1. The van der Waals surface area contributed by atoms with Crippen LogP contribution in [0.2, 0.25) is 0 Å². The summed E-state index contributed by atoms with van der Waals surface area (Å²) < 4.78 is 11.5. The lowest BCUT2D eigenvalue weighted by Gasteiger charge is -2.28. The molecule has 184 valence electrons. The number of nitrogens with one attached hydrogen (secondary N) is 2. The van der Waals surface area contributed by atoms with E-state index in [-0.39, 0.29) is 18.8 Å². The smallest absolute Gasteiger partial charge is 0.174 e. The maximum absolute atomic E-state index is 10.6. The Morgan fingerprint density at radius 3 is 2.64 bits per heavy atom. The van der Waals surface area contributed by atoms with E-state index in [1.165, 1.54) is 11.3 Å². The lowest BCUT2D eigenvalue weighted by Crippen LogP contribution is -2.46. The van der Waals surface area contributed by atoms with Crippen LogP contribution < -0.4 is 14.8 Å². The minimum atomic E-state index is -0.704. The topological polar surface area (TPSA) is 114 Å². The molecule has 8 heteroatoms. The first kappa shape index (κ1) is 25.3. The third-order valence-electron chi connectivity index (χ3n) is 5.80. The molecule has 4 aromatic rings. The average Bonchev–Trinajstić information content (AvgIpc) is 3.53. The van der Waals surface area contributed by atoms with Crippen molar-refractivity contribution in [3.05, 3.63) is 71.2 Å². The summed E-state index contributed by atoms with van der Waals surface area (Å²) in [6, 6.07) is 21.3. The van der Waals surface area contributed by atoms with Crippen molar-refractivity contribution in [3.63, 3.8) is 0 Å². The number of nitrogens with zero attached hydrogens (tertiary/aromatic N) is 2. The third-order valence-corrected chi connectivity index (χ3v) is 6.83. The number of para-hydroxylation sites is 2. The lowest BCUT2D eigenvalue weighted by atomic mass is 9.94. The van der Waals surface area contributed by atoms with Gasteiger partial charge < -0.3 is 24.9 Å². The molecule has 1 atom stereocenters. The molecule has 2 aromatic carbocycles. The molecular formula is C28H28N4O3S. The summed E-state index contributed by atoms with van der Waals surface area (Å²) in [6.45, 7) is 4.69. The minimum absolute atomic E-state index is 0.000813.